The molecule has 33 heavy (non-hydrogen) atoms. The minimum atomic E-state index is -2.48. The van der Waals surface area contributed by atoms with Crippen molar-refractivity contribution in [1.82, 2.24) is 4.90 Å². The maximum Gasteiger partial charge on any atom is 0.410 e. The van der Waals surface area contributed by atoms with E-state index < -0.39 is 13.9 Å². The number of nitrogens with zero attached hydrogens (tertiary/aromatic N) is 1. The molecule has 1 saturated carbocycles. The summed E-state index contributed by atoms with van der Waals surface area (Å²) in [6.45, 7) is 14.2. The summed E-state index contributed by atoms with van der Waals surface area (Å²) < 4.78 is 12.6. The first-order valence-corrected chi connectivity index (χ1v) is 14.0. The Kier molecular flexibility index (Phi) is 7.75. The molecule has 4 nitrogen and oxygen atoms in total. The summed E-state index contributed by atoms with van der Waals surface area (Å²) in [6.07, 6.45) is 1.94. The number of carbonyl (C=O) groups excluding carboxylic acids is 1. The first-order valence-electron chi connectivity index (χ1n) is 12.1. The van der Waals surface area contributed by atoms with Crippen LogP contribution < -0.4 is 10.4 Å². The third-order valence-corrected chi connectivity index (χ3v) is 11.5. The molecule has 0 atom stereocenters. The van der Waals surface area contributed by atoms with Crippen LogP contribution in [-0.2, 0) is 9.16 Å². The molecule has 0 heterocycles. The second-order valence-corrected chi connectivity index (χ2v) is 15.8. The zero-order valence-electron chi connectivity index (χ0n) is 21.4. The average Bonchev–Trinajstić information content (AvgIpc) is 2.71. The van der Waals surface area contributed by atoms with E-state index in [4.69, 9.17) is 9.16 Å². The maximum absolute atomic E-state index is 12.3. The normalized spacial score (nSPS) is 19.0. The summed E-state index contributed by atoms with van der Waals surface area (Å²) in [5.74, 6) is 1.04. The van der Waals surface area contributed by atoms with Crippen molar-refractivity contribution in [2.75, 3.05) is 20.2 Å². The zero-order chi connectivity index (χ0) is 24.3. The van der Waals surface area contributed by atoms with Gasteiger partial charge in [0.2, 0.25) is 0 Å². The number of carbonyl (C=O) groups is 1. The molecule has 0 unspecified atom stereocenters. The lowest BCUT2D eigenvalue weighted by Crippen LogP contribution is -2.67. The lowest BCUT2D eigenvalue weighted by atomic mass is 9.75. The van der Waals surface area contributed by atoms with Crippen LogP contribution in [0, 0.1) is 11.8 Å². The monoisotopic (exact) mass is 467 g/mol. The van der Waals surface area contributed by atoms with Crippen molar-refractivity contribution >= 4 is 24.8 Å². The molecule has 2 aromatic carbocycles. The SMILES string of the molecule is CN(CC1CC(CO[Si](c2ccccc2)(c2ccccc2)C(C)(C)C)C1)C(=O)OC(C)(C)C. The van der Waals surface area contributed by atoms with Gasteiger partial charge in [0.15, 0.2) is 0 Å². The molecule has 2 aromatic rings. The molecule has 1 aliphatic rings. The first kappa shape index (κ1) is 25.5. The molecule has 0 radical (unpaired) electrons. The average molecular weight is 468 g/mol. The largest absolute Gasteiger partial charge is 0.444 e. The highest BCUT2D eigenvalue weighted by Gasteiger charge is 2.50. The molecule has 0 spiro atoms. The minimum absolute atomic E-state index is 0.00418. The van der Waals surface area contributed by atoms with Crippen molar-refractivity contribution in [3.05, 3.63) is 60.7 Å². The van der Waals surface area contributed by atoms with Crippen LogP contribution in [0.1, 0.15) is 54.4 Å². The van der Waals surface area contributed by atoms with E-state index in [1.807, 2.05) is 27.8 Å². The fourth-order valence-electron chi connectivity index (χ4n) is 4.97. The van der Waals surface area contributed by atoms with Crippen LogP contribution in [0.25, 0.3) is 0 Å². The summed E-state index contributed by atoms with van der Waals surface area (Å²) in [5.41, 5.74) is -0.461. The van der Waals surface area contributed by atoms with E-state index in [-0.39, 0.29) is 11.1 Å². The van der Waals surface area contributed by atoms with E-state index in [2.05, 4.69) is 81.4 Å². The molecule has 0 aliphatic heterocycles. The number of hydrogen-bond acceptors (Lipinski definition) is 3. The Hall–Kier alpha value is -2.11. The van der Waals surface area contributed by atoms with Gasteiger partial charge in [0, 0.05) is 20.2 Å². The number of rotatable bonds is 7. The lowest BCUT2D eigenvalue weighted by Gasteiger charge is -2.45. The van der Waals surface area contributed by atoms with Crippen LogP contribution in [0.15, 0.2) is 60.7 Å². The highest BCUT2D eigenvalue weighted by molar-refractivity contribution is 6.99. The van der Waals surface area contributed by atoms with Gasteiger partial charge in [-0.25, -0.2) is 4.79 Å². The zero-order valence-corrected chi connectivity index (χ0v) is 22.4. The Morgan fingerprint density at radius 3 is 1.79 bits per heavy atom. The van der Waals surface area contributed by atoms with E-state index in [1.165, 1.54) is 10.4 Å². The second kappa shape index (κ2) is 10.0. The highest BCUT2D eigenvalue weighted by Crippen LogP contribution is 2.40. The molecule has 1 amide bonds. The fraction of sp³-hybridized carbons (Fsp3) is 0.536. The molecular formula is C28H41NO3Si. The predicted octanol–water partition coefficient (Wildman–Crippen LogP) is 5.46. The van der Waals surface area contributed by atoms with Gasteiger partial charge in [0.05, 0.1) is 0 Å². The van der Waals surface area contributed by atoms with Gasteiger partial charge in [-0.2, -0.15) is 0 Å². The Morgan fingerprint density at radius 2 is 1.36 bits per heavy atom. The molecule has 5 heteroatoms. The van der Waals surface area contributed by atoms with Gasteiger partial charge in [-0.05, 0) is 60.9 Å². The van der Waals surface area contributed by atoms with Crippen LogP contribution >= 0.6 is 0 Å². The summed E-state index contributed by atoms with van der Waals surface area (Å²) in [6, 6.07) is 21.6. The Bertz CT molecular complexity index is 857. The minimum Gasteiger partial charge on any atom is -0.444 e. The molecule has 0 saturated heterocycles. The molecule has 1 aliphatic carbocycles. The van der Waals surface area contributed by atoms with Gasteiger partial charge in [-0.1, -0.05) is 81.4 Å². The summed E-state index contributed by atoms with van der Waals surface area (Å²) >= 11 is 0. The summed E-state index contributed by atoms with van der Waals surface area (Å²) in [7, 11) is -0.644. The van der Waals surface area contributed by atoms with Crippen molar-refractivity contribution in [3.8, 4) is 0 Å². The molecule has 180 valence electrons. The van der Waals surface area contributed by atoms with E-state index in [0.29, 0.717) is 11.8 Å². The van der Waals surface area contributed by atoms with Gasteiger partial charge in [0.25, 0.3) is 8.32 Å². The lowest BCUT2D eigenvalue weighted by molar-refractivity contribution is 0.0192. The van der Waals surface area contributed by atoms with Crippen molar-refractivity contribution in [2.45, 2.75) is 65.0 Å². The molecule has 3 rings (SSSR count). The van der Waals surface area contributed by atoms with E-state index in [0.717, 1.165) is 26.0 Å². The molecule has 0 N–H and O–H groups in total. The first-order chi connectivity index (χ1) is 15.4. The van der Waals surface area contributed by atoms with Gasteiger partial charge in [-0.15, -0.1) is 0 Å². The number of ether oxygens (including phenoxy) is 1. The molecular weight excluding hydrogens is 426 g/mol. The van der Waals surface area contributed by atoms with Crippen LogP contribution in [0.2, 0.25) is 5.04 Å². The summed E-state index contributed by atoms with van der Waals surface area (Å²) in [5, 5.41) is 2.64. The van der Waals surface area contributed by atoms with E-state index in [9.17, 15) is 4.79 Å². The Morgan fingerprint density at radius 1 is 0.879 bits per heavy atom. The summed E-state index contributed by atoms with van der Waals surface area (Å²) in [4.78, 5) is 14.0. The topological polar surface area (TPSA) is 38.8 Å². The van der Waals surface area contributed by atoms with Gasteiger partial charge < -0.3 is 14.1 Å². The number of amides is 1. The molecule has 0 aromatic heterocycles. The third-order valence-electron chi connectivity index (χ3n) is 6.52. The molecule has 0 bridgehead atoms. The van der Waals surface area contributed by atoms with Gasteiger partial charge >= 0.3 is 6.09 Å². The standard InChI is InChI=1S/C28H41NO3Si/c1-27(2,3)32-26(30)29(7)20-22-18-23(19-22)21-31-33(28(4,5)6,24-14-10-8-11-15-24)25-16-12-9-13-17-25/h8-17,22-23H,18-21H2,1-7H3. The van der Waals surface area contributed by atoms with Gasteiger partial charge in [-0.3, -0.25) is 0 Å². The third kappa shape index (κ3) is 6.07. The predicted molar refractivity (Wildman–Crippen MR) is 139 cm³/mol. The van der Waals surface area contributed by atoms with Crippen molar-refractivity contribution in [1.29, 1.82) is 0 Å². The fourth-order valence-corrected chi connectivity index (χ4v) is 9.61. The number of benzene rings is 2. The van der Waals surface area contributed by atoms with E-state index in [1.54, 1.807) is 4.90 Å². The van der Waals surface area contributed by atoms with Crippen LogP contribution in [0.3, 0.4) is 0 Å². The maximum atomic E-state index is 12.3. The smallest absolute Gasteiger partial charge is 0.410 e. The Labute approximate surface area is 201 Å². The van der Waals surface area contributed by atoms with Crippen molar-refractivity contribution in [3.63, 3.8) is 0 Å². The second-order valence-electron chi connectivity index (χ2n) is 11.5. The van der Waals surface area contributed by atoms with Crippen molar-refractivity contribution < 1.29 is 14.0 Å². The van der Waals surface area contributed by atoms with Crippen molar-refractivity contribution in [2.24, 2.45) is 11.8 Å². The highest BCUT2D eigenvalue weighted by atomic mass is 28.4. The number of hydrogen-bond donors (Lipinski definition) is 0. The van der Waals surface area contributed by atoms with Crippen LogP contribution in [0.5, 0.6) is 0 Å². The molecule has 1 fully saturated rings. The van der Waals surface area contributed by atoms with Gasteiger partial charge in [0.1, 0.15) is 5.60 Å². The van der Waals surface area contributed by atoms with Crippen LogP contribution in [0.4, 0.5) is 4.79 Å². The Balaban J connectivity index is 1.68. The van der Waals surface area contributed by atoms with Crippen LogP contribution in [-0.4, -0.2) is 45.1 Å². The quantitative estimate of drug-likeness (QED) is 0.508. The van der Waals surface area contributed by atoms with E-state index >= 15 is 0 Å².